The summed E-state index contributed by atoms with van der Waals surface area (Å²) in [6, 6.07) is 0.267. The van der Waals surface area contributed by atoms with Gasteiger partial charge in [0.25, 0.3) is 0 Å². The topological polar surface area (TPSA) is 61.8 Å². The Kier molecular flexibility index (Phi) is 5.56. The van der Waals surface area contributed by atoms with Crippen LogP contribution in [0.25, 0.3) is 0 Å². The summed E-state index contributed by atoms with van der Waals surface area (Å²) in [6.45, 7) is 10.6. The largest absolute Gasteiger partial charge is 0.480 e. The number of aliphatic carboxylic acids is 1. The SMILES string of the molecule is CCCNC(C)(CN1CC(C)OCC1C)C(=O)O. The van der Waals surface area contributed by atoms with Crippen molar-refractivity contribution in [2.75, 3.05) is 26.2 Å². The molecule has 3 unspecified atom stereocenters. The lowest BCUT2D eigenvalue weighted by Crippen LogP contribution is -2.61. The Morgan fingerprint density at radius 2 is 2.22 bits per heavy atom. The Balaban J connectivity index is 2.67. The second-order valence-corrected chi connectivity index (χ2v) is 5.49. The zero-order chi connectivity index (χ0) is 13.8. The molecule has 1 fully saturated rings. The van der Waals surface area contributed by atoms with Crippen LogP contribution in [-0.2, 0) is 9.53 Å². The Morgan fingerprint density at radius 3 is 2.78 bits per heavy atom. The minimum absolute atomic E-state index is 0.172. The molecule has 18 heavy (non-hydrogen) atoms. The van der Waals surface area contributed by atoms with Crippen LogP contribution < -0.4 is 5.32 Å². The van der Waals surface area contributed by atoms with Crippen LogP contribution in [0.1, 0.15) is 34.1 Å². The average Bonchev–Trinajstić information content (AvgIpc) is 2.31. The Bertz CT molecular complexity index is 285. The Hall–Kier alpha value is -0.650. The van der Waals surface area contributed by atoms with E-state index in [1.807, 2.05) is 13.8 Å². The molecule has 0 bridgehead atoms. The normalized spacial score (nSPS) is 28.9. The first kappa shape index (κ1) is 15.4. The smallest absolute Gasteiger partial charge is 0.324 e. The van der Waals surface area contributed by atoms with Gasteiger partial charge in [-0.15, -0.1) is 0 Å². The van der Waals surface area contributed by atoms with E-state index in [2.05, 4.69) is 17.1 Å². The quantitative estimate of drug-likeness (QED) is 0.742. The lowest BCUT2D eigenvalue weighted by molar-refractivity contribution is -0.146. The second-order valence-electron chi connectivity index (χ2n) is 5.49. The van der Waals surface area contributed by atoms with E-state index in [1.165, 1.54) is 0 Å². The van der Waals surface area contributed by atoms with Crippen LogP contribution >= 0.6 is 0 Å². The van der Waals surface area contributed by atoms with Gasteiger partial charge in [0.2, 0.25) is 0 Å². The van der Waals surface area contributed by atoms with E-state index in [1.54, 1.807) is 6.92 Å². The molecule has 0 spiro atoms. The molecule has 1 heterocycles. The first-order chi connectivity index (χ1) is 8.39. The molecule has 0 aromatic heterocycles. The number of carboxylic acids is 1. The predicted octanol–water partition coefficient (Wildman–Crippen LogP) is 0.939. The van der Waals surface area contributed by atoms with Gasteiger partial charge in [-0.05, 0) is 33.7 Å². The van der Waals surface area contributed by atoms with E-state index in [9.17, 15) is 9.90 Å². The molecule has 1 saturated heterocycles. The number of hydrogen-bond acceptors (Lipinski definition) is 4. The van der Waals surface area contributed by atoms with Crippen LogP contribution in [0, 0.1) is 0 Å². The van der Waals surface area contributed by atoms with Crippen molar-refractivity contribution in [3.8, 4) is 0 Å². The Labute approximate surface area is 109 Å². The first-order valence-electron chi connectivity index (χ1n) is 6.73. The maximum Gasteiger partial charge on any atom is 0.324 e. The van der Waals surface area contributed by atoms with Gasteiger partial charge >= 0.3 is 5.97 Å². The summed E-state index contributed by atoms with van der Waals surface area (Å²) < 4.78 is 5.57. The van der Waals surface area contributed by atoms with E-state index < -0.39 is 11.5 Å². The van der Waals surface area contributed by atoms with Gasteiger partial charge in [-0.25, -0.2) is 0 Å². The predicted molar refractivity (Wildman–Crippen MR) is 70.8 cm³/mol. The van der Waals surface area contributed by atoms with Gasteiger partial charge in [0.05, 0.1) is 12.7 Å². The minimum Gasteiger partial charge on any atom is -0.480 e. The molecule has 0 saturated carbocycles. The zero-order valence-electron chi connectivity index (χ0n) is 11.9. The summed E-state index contributed by atoms with van der Waals surface area (Å²) in [7, 11) is 0. The van der Waals surface area contributed by atoms with Gasteiger partial charge in [0.1, 0.15) is 5.54 Å². The number of ether oxygens (including phenoxy) is 1. The van der Waals surface area contributed by atoms with Crippen LogP contribution in [0.5, 0.6) is 0 Å². The van der Waals surface area contributed by atoms with Gasteiger partial charge in [-0.2, -0.15) is 0 Å². The molecule has 1 aliphatic rings. The molecular weight excluding hydrogens is 232 g/mol. The highest BCUT2D eigenvalue weighted by atomic mass is 16.5. The zero-order valence-corrected chi connectivity index (χ0v) is 11.9. The van der Waals surface area contributed by atoms with Crippen molar-refractivity contribution < 1.29 is 14.6 Å². The summed E-state index contributed by atoms with van der Waals surface area (Å²) in [5, 5.41) is 12.6. The molecule has 0 aromatic carbocycles. The van der Waals surface area contributed by atoms with Gasteiger partial charge < -0.3 is 15.2 Å². The van der Waals surface area contributed by atoms with E-state index in [4.69, 9.17) is 4.74 Å². The van der Waals surface area contributed by atoms with E-state index in [-0.39, 0.29) is 12.1 Å². The maximum atomic E-state index is 11.5. The fraction of sp³-hybridized carbons (Fsp3) is 0.923. The average molecular weight is 258 g/mol. The van der Waals surface area contributed by atoms with Crippen LogP contribution in [-0.4, -0.2) is 59.9 Å². The number of nitrogens with zero attached hydrogens (tertiary/aromatic N) is 1. The molecule has 0 aromatic rings. The molecule has 1 rings (SSSR count). The summed E-state index contributed by atoms with van der Waals surface area (Å²) >= 11 is 0. The molecule has 2 N–H and O–H groups in total. The van der Waals surface area contributed by atoms with Crippen LogP contribution in [0.4, 0.5) is 0 Å². The fourth-order valence-corrected chi connectivity index (χ4v) is 2.20. The monoisotopic (exact) mass is 258 g/mol. The highest BCUT2D eigenvalue weighted by Gasteiger charge is 2.37. The molecule has 0 amide bonds. The summed E-state index contributed by atoms with van der Waals surface area (Å²) in [5.74, 6) is -0.790. The van der Waals surface area contributed by atoms with Crippen molar-refractivity contribution in [2.24, 2.45) is 0 Å². The van der Waals surface area contributed by atoms with Gasteiger partial charge in [0, 0.05) is 19.1 Å². The second kappa shape index (κ2) is 6.50. The summed E-state index contributed by atoms with van der Waals surface area (Å²) in [5.41, 5.74) is -0.888. The third-order valence-electron chi connectivity index (χ3n) is 3.49. The van der Waals surface area contributed by atoms with Crippen molar-refractivity contribution >= 4 is 5.97 Å². The molecule has 5 heteroatoms. The first-order valence-corrected chi connectivity index (χ1v) is 6.73. The molecule has 0 radical (unpaired) electrons. The molecule has 0 aliphatic carbocycles. The lowest BCUT2D eigenvalue weighted by Gasteiger charge is -2.41. The standard InChI is InChI=1S/C13H26N2O3/c1-5-6-14-13(4,12(16)17)9-15-7-11(3)18-8-10(15)2/h10-11,14H,5-9H2,1-4H3,(H,16,17). The van der Waals surface area contributed by atoms with E-state index >= 15 is 0 Å². The number of carbonyl (C=O) groups is 1. The number of hydrogen-bond donors (Lipinski definition) is 2. The lowest BCUT2D eigenvalue weighted by atomic mass is 10.00. The number of morpholine rings is 1. The number of nitrogens with one attached hydrogen (secondary N) is 1. The van der Waals surface area contributed by atoms with Crippen LogP contribution in [0.15, 0.2) is 0 Å². The maximum absolute atomic E-state index is 11.5. The third kappa shape index (κ3) is 3.93. The van der Waals surface area contributed by atoms with Crippen molar-refractivity contribution in [1.82, 2.24) is 10.2 Å². The highest BCUT2D eigenvalue weighted by molar-refractivity contribution is 5.78. The van der Waals surface area contributed by atoms with E-state index in [0.29, 0.717) is 13.2 Å². The number of carboxylic acid groups (broad SMARTS) is 1. The van der Waals surface area contributed by atoms with Crippen molar-refractivity contribution in [3.05, 3.63) is 0 Å². The molecule has 3 atom stereocenters. The molecular formula is C13H26N2O3. The summed E-state index contributed by atoms with van der Waals surface area (Å²) in [6.07, 6.45) is 1.10. The van der Waals surface area contributed by atoms with E-state index in [0.717, 1.165) is 19.5 Å². The number of rotatable bonds is 6. The van der Waals surface area contributed by atoms with Crippen molar-refractivity contribution in [1.29, 1.82) is 0 Å². The van der Waals surface area contributed by atoms with Crippen LogP contribution in [0.2, 0.25) is 0 Å². The van der Waals surface area contributed by atoms with Gasteiger partial charge in [0.15, 0.2) is 0 Å². The third-order valence-corrected chi connectivity index (χ3v) is 3.49. The Morgan fingerprint density at radius 1 is 1.56 bits per heavy atom. The van der Waals surface area contributed by atoms with Crippen molar-refractivity contribution in [2.45, 2.75) is 51.8 Å². The van der Waals surface area contributed by atoms with Crippen molar-refractivity contribution in [3.63, 3.8) is 0 Å². The summed E-state index contributed by atoms with van der Waals surface area (Å²) in [4.78, 5) is 13.7. The van der Waals surface area contributed by atoms with Gasteiger partial charge in [-0.3, -0.25) is 9.69 Å². The molecule has 106 valence electrons. The molecule has 5 nitrogen and oxygen atoms in total. The van der Waals surface area contributed by atoms with Gasteiger partial charge in [-0.1, -0.05) is 6.92 Å². The minimum atomic E-state index is -0.888. The molecule has 1 aliphatic heterocycles. The van der Waals surface area contributed by atoms with Crippen LogP contribution in [0.3, 0.4) is 0 Å². The fourth-order valence-electron chi connectivity index (χ4n) is 2.20. The highest BCUT2D eigenvalue weighted by Crippen LogP contribution is 2.16.